The zero-order valence-electron chi connectivity index (χ0n) is 13.2. The number of halogens is 1. The highest BCUT2D eigenvalue weighted by Gasteiger charge is 2.07. The standard InChI is InChI=1S/C17H19ClN2O3/c1-10-4-5-15(21)14(6-10)20-17(22)19-9-23-13-7-11(2)16(18)12(3)8-13/h4-8,21H,9H2,1-3H3,(H2,19,20,22). The van der Waals surface area contributed by atoms with Gasteiger partial charge in [-0.15, -0.1) is 0 Å². The molecule has 2 aromatic rings. The lowest BCUT2D eigenvalue weighted by atomic mass is 10.1. The van der Waals surface area contributed by atoms with Gasteiger partial charge in [0, 0.05) is 5.02 Å². The Bertz CT molecular complexity index is 709. The fourth-order valence-electron chi connectivity index (χ4n) is 2.09. The number of phenolic OH excluding ortho intramolecular Hbond substituents is 1. The molecule has 0 unspecified atom stereocenters. The molecule has 0 heterocycles. The molecule has 0 aliphatic carbocycles. The molecule has 0 saturated carbocycles. The third kappa shape index (κ3) is 4.53. The predicted molar refractivity (Wildman–Crippen MR) is 91.4 cm³/mol. The van der Waals surface area contributed by atoms with Crippen molar-refractivity contribution in [2.75, 3.05) is 12.0 Å². The summed E-state index contributed by atoms with van der Waals surface area (Å²) in [7, 11) is 0. The van der Waals surface area contributed by atoms with Crippen molar-refractivity contribution < 1.29 is 14.6 Å². The van der Waals surface area contributed by atoms with E-state index in [1.807, 2.05) is 20.8 Å². The largest absolute Gasteiger partial charge is 0.506 e. The van der Waals surface area contributed by atoms with E-state index in [0.717, 1.165) is 16.7 Å². The number of carbonyl (C=O) groups is 1. The minimum Gasteiger partial charge on any atom is -0.506 e. The highest BCUT2D eigenvalue weighted by molar-refractivity contribution is 6.32. The molecule has 2 amide bonds. The van der Waals surface area contributed by atoms with E-state index in [1.165, 1.54) is 6.07 Å². The van der Waals surface area contributed by atoms with E-state index in [4.69, 9.17) is 16.3 Å². The van der Waals surface area contributed by atoms with Crippen molar-refractivity contribution in [3.63, 3.8) is 0 Å². The lowest BCUT2D eigenvalue weighted by molar-refractivity contribution is 0.234. The fourth-order valence-corrected chi connectivity index (χ4v) is 2.20. The summed E-state index contributed by atoms with van der Waals surface area (Å²) in [6.45, 7) is 5.65. The van der Waals surface area contributed by atoms with Crippen LogP contribution in [0.15, 0.2) is 30.3 Å². The minimum atomic E-state index is -0.465. The van der Waals surface area contributed by atoms with Crippen molar-refractivity contribution in [3.8, 4) is 11.5 Å². The van der Waals surface area contributed by atoms with E-state index < -0.39 is 6.03 Å². The van der Waals surface area contributed by atoms with Crippen molar-refractivity contribution >= 4 is 23.3 Å². The second kappa shape index (κ2) is 7.24. The van der Waals surface area contributed by atoms with Crippen LogP contribution >= 0.6 is 11.6 Å². The molecule has 2 aromatic carbocycles. The van der Waals surface area contributed by atoms with Gasteiger partial charge in [-0.05, 0) is 61.7 Å². The van der Waals surface area contributed by atoms with Gasteiger partial charge in [-0.1, -0.05) is 17.7 Å². The first-order chi connectivity index (χ1) is 10.9. The van der Waals surface area contributed by atoms with E-state index in [9.17, 15) is 9.90 Å². The van der Waals surface area contributed by atoms with E-state index >= 15 is 0 Å². The van der Waals surface area contributed by atoms with Crippen LogP contribution in [-0.2, 0) is 0 Å². The van der Waals surface area contributed by atoms with Crippen molar-refractivity contribution in [3.05, 3.63) is 52.0 Å². The first-order valence-corrected chi connectivity index (χ1v) is 7.48. The summed E-state index contributed by atoms with van der Waals surface area (Å²) in [5.41, 5.74) is 3.11. The Morgan fingerprint density at radius 2 is 1.83 bits per heavy atom. The molecule has 0 fully saturated rings. The molecule has 23 heavy (non-hydrogen) atoms. The van der Waals surface area contributed by atoms with Gasteiger partial charge in [0.1, 0.15) is 11.5 Å². The van der Waals surface area contributed by atoms with Gasteiger partial charge in [0.25, 0.3) is 0 Å². The number of anilines is 1. The lowest BCUT2D eigenvalue weighted by Gasteiger charge is -2.12. The number of carbonyl (C=O) groups excluding carboxylic acids is 1. The van der Waals surface area contributed by atoms with Gasteiger partial charge in [-0.2, -0.15) is 0 Å². The van der Waals surface area contributed by atoms with E-state index in [-0.39, 0.29) is 12.5 Å². The molecule has 0 radical (unpaired) electrons. The van der Waals surface area contributed by atoms with Gasteiger partial charge in [-0.25, -0.2) is 4.79 Å². The Morgan fingerprint density at radius 3 is 2.48 bits per heavy atom. The summed E-state index contributed by atoms with van der Waals surface area (Å²) in [5.74, 6) is 0.638. The molecule has 6 heteroatoms. The summed E-state index contributed by atoms with van der Waals surface area (Å²) in [6, 6.07) is 8.12. The van der Waals surface area contributed by atoms with Crippen LogP contribution in [-0.4, -0.2) is 17.9 Å². The van der Waals surface area contributed by atoms with Crippen molar-refractivity contribution in [1.29, 1.82) is 0 Å². The number of nitrogens with one attached hydrogen (secondary N) is 2. The van der Waals surface area contributed by atoms with E-state index in [2.05, 4.69) is 10.6 Å². The summed E-state index contributed by atoms with van der Waals surface area (Å²) in [6.07, 6.45) is 0. The monoisotopic (exact) mass is 334 g/mol. The SMILES string of the molecule is Cc1ccc(O)c(NC(=O)NCOc2cc(C)c(Cl)c(C)c2)c1. The van der Waals surface area contributed by atoms with Crippen LogP contribution in [0.25, 0.3) is 0 Å². The Balaban J connectivity index is 1.89. The average molecular weight is 335 g/mol. The van der Waals surface area contributed by atoms with Gasteiger partial charge in [0.2, 0.25) is 0 Å². The third-order valence-corrected chi connectivity index (χ3v) is 3.88. The van der Waals surface area contributed by atoms with Crippen LogP contribution in [0.3, 0.4) is 0 Å². The smallest absolute Gasteiger partial charge is 0.321 e. The minimum absolute atomic E-state index is 0.00107. The zero-order valence-corrected chi connectivity index (χ0v) is 14.0. The van der Waals surface area contributed by atoms with Gasteiger partial charge < -0.3 is 20.5 Å². The third-order valence-electron chi connectivity index (χ3n) is 3.28. The number of aromatic hydroxyl groups is 1. The number of ether oxygens (including phenoxy) is 1. The molecular formula is C17H19ClN2O3. The van der Waals surface area contributed by atoms with Crippen LogP contribution in [0, 0.1) is 20.8 Å². The Kier molecular flexibility index (Phi) is 5.34. The molecule has 0 aromatic heterocycles. The molecule has 0 aliphatic rings. The molecule has 3 N–H and O–H groups in total. The maximum Gasteiger partial charge on any atom is 0.321 e. The number of phenols is 1. The number of benzene rings is 2. The zero-order chi connectivity index (χ0) is 17.0. The summed E-state index contributed by atoms with van der Waals surface area (Å²) in [4.78, 5) is 11.8. The highest BCUT2D eigenvalue weighted by Crippen LogP contribution is 2.26. The molecule has 2 rings (SSSR count). The predicted octanol–water partition coefficient (Wildman–Crippen LogP) is 4.13. The maximum atomic E-state index is 11.8. The van der Waals surface area contributed by atoms with Crippen molar-refractivity contribution in [1.82, 2.24) is 5.32 Å². The van der Waals surface area contributed by atoms with E-state index in [0.29, 0.717) is 16.5 Å². The quantitative estimate of drug-likeness (QED) is 0.581. The first-order valence-electron chi connectivity index (χ1n) is 7.11. The molecule has 122 valence electrons. The maximum absolute atomic E-state index is 11.8. The molecule has 0 saturated heterocycles. The second-order valence-electron chi connectivity index (χ2n) is 5.31. The number of amides is 2. The van der Waals surface area contributed by atoms with Crippen LogP contribution < -0.4 is 15.4 Å². The Hall–Kier alpha value is -2.40. The van der Waals surface area contributed by atoms with Crippen LogP contribution in [0.5, 0.6) is 11.5 Å². The van der Waals surface area contributed by atoms with E-state index in [1.54, 1.807) is 24.3 Å². The van der Waals surface area contributed by atoms with Crippen LogP contribution in [0.1, 0.15) is 16.7 Å². The number of urea groups is 1. The summed E-state index contributed by atoms with van der Waals surface area (Å²) in [5, 5.41) is 15.5. The molecule has 0 bridgehead atoms. The van der Waals surface area contributed by atoms with Crippen LogP contribution in [0.2, 0.25) is 5.02 Å². The molecule has 0 atom stereocenters. The van der Waals surface area contributed by atoms with Crippen molar-refractivity contribution in [2.45, 2.75) is 20.8 Å². The Morgan fingerprint density at radius 1 is 1.17 bits per heavy atom. The van der Waals surface area contributed by atoms with Gasteiger partial charge in [0.05, 0.1) is 5.69 Å². The van der Waals surface area contributed by atoms with Gasteiger partial charge in [-0.3, -0.25) is 0 Å². The van der Waals surface area contributed by atoms with Gasteiger partial charge >= 0.3 is 6.03 Å². The molecule has 0 spiro atoms. The fraction of sp³-hybridized carbons (Fsp3) is 0.235. The molecule has 5 nitrogen and oxygen atoms in total. The highest BCUT2D eigenvalue weighted by atomic mass is 35.5. The molecule has 0 aliphatic heterocycles. The number of hydrogen-bond acceptors (Lipinski definition) is 3. The number of hydrogen-bond donors (Lipinski definition) is 3. The lowest BCUT2D eigenvalue weighted by Crippen LogP contribution is -2.32. The summed E-state index contributed by atoms with van der Waals surface area (Å²) < 4.78 is 5.49. The second-order valence-corrected chi connectivity index (χ2v) is 5.69. The number of aryl methyl sites for hydroxylation is 3. The van der Waals surface area contributed by atoms with Crippen molar-refractivity contribution in [2.24, 2.45) is 0 Å². The summed E-state index contributed by atoms with van der Waals surface area (Å²) >= 11 is 6.09. The average Bonchev–Trinajstić information content (AvgIpc) is 2.48. The van der Waals surface area contributed by atoms with Gasteiger partial charge in [0.15, 0.2) is 6.73 Å². The normalized spacial score (nSPS) is 10.3. The van der Waals surface area contributed by atoms with Crippen LogP contribution in [0.4, 0.5) is 10.5 Å². The number of rotatable bonds is 4. The molecular weight excluding hydrogens is 316 g/mol. The first kappa shape index (κ1) is 17.0. The Labute approximate surface area is 140 Å². The topological polar surface area (TPSA) is 70.6 Å².